The Morgan fingerprint density at radius 1 is 1.21 bits per heavy atom. The number of aliphatic hydroxyl groups excluding tert-OH is 1. The van der Waals surface area contributed by atoms with Crippen molar-refractivity contribution in [1.82, 2.24) is 4.37 Å². The van der Waals surface area contributed by atoms with Crippen molar-refractivity contribution >= 4 is 11.5 Å². The molecule has 0 spiro atoms. The van der Waals surface area contributed by atoms with Gasteiger partial charge in [-0.25, -0.2) is 4.39 Å². The fourth-order valence-corrected chi connectivity index (χ4v) is 1.72. The topological polar surface area (TPSA) is 33.1 Å². The molecular formula is C10H8FNOS. The lowest BCUT2D eigenvalue weighted by Gasteiger charge is -2.07. The maximum atomic E-state index is 12.6. The van der Waals surface area contributed by atoms with E-state index >= 15 is 0 Å². The van der Waals surface area contributed by atoms with Crippen LogP contribution in [-0.4, -0.2) is 9.48 Å². The first-order valence-corrected chi connectivity index (χ1v) is 4.95. The van der Waals surface area contributed by atoms with Crippen molar-refractivity contribution in [3.05, 3.63) is 52.8 Å². The fourth-order valence-electron chi connectivity index (χ4n) is 1.18. The third-order valence-electron chi connectivity index (χ3n) is 1.92. The normalized spacial score (nSPS) is 12.7. The summed E-state index contributed by atoms with van der Waals surface area (Å²) in [6.07, 6.45) is -0.762. The summed E-state index contributed by atoms with van der Waals surface area (Å²) in [7, 11) is 0. The quantitative estimate of drug-likeness (QED) is 0.823. The molecule has 1 heterocycles. The third-order valence-corrected chi connectivity index (χ3v) is 2.50. The van der Waals surface area contributed by atoms with E-state index in [1.807, 2.05) is 0 Å². The van der Waals surface area contributed by atoms with Crippen molar-refractivity contribution in [2.24, 2.45) is 0 Å². The third kappa shape index (κ3) is 1.81. The number of halogens is 1. The van der Waals surface area contributed by atoms with E-state index in [-0.39, 0.29) is 5.82 Å². The van der Waals surface area contributed by atoms with Crippen LogP contribution in [0.5, 0.6) is 0 Å². The highest BCUT2D eigenvalue weighted by molar-refractivity contribution is 7.03. The van der Waals surface area contributed by atoms with Gasteiger partial charge in [0, 0.05) is 5.38 Å². The zero-order valence-electron chi connectivity index (χ0n) is 7.22. The van der Waals surface area contributed by atoms with Crippen LogP contribution in [0, 0.1) is 5.82 Å². The number of benzene rings is 1. The smallest absolute Gasteiger partial charge is 0.123 e. The Hall–Kier alpha value is -1.26. The summed E-state index contributed by atoms with van der Waals surface area (Å²) in [6.45, 7) is 0. The Morgan fingerprint density at radius 3 is 2.50 bits per heavy atom. The second kappa shape index (κ2) is 3.86. The Balaban J connectivity index is 2.28. The van der Waals surface area contributed by atoms with Crippen molar-refractivity contribution < 1.29 is 9.50 Å². The molecule has 1 aromatic heterocycles. The molecule has 0 aliphatic rings. The van der Waals surface area contributed by atoms with Gasteiger partial charge in [0.2, 0.25) is 0 Å². The van der Waals surface area contributed by atoms with E-state index in [1.165, 1.54) is 23.7 Å². The summed E-state index contributed by atoms with van der Waals surface area (Å²) in [4.78, 5) is 0. The van der Waals surface area contributed by atoms with Gasteiger partial charge in [0.1, 0.15) is 11.9 Å². The first-order valence-electron chi connectivity index (χ1n) is 4.11. The molecule has 0 saturated carbocycles. The minimum atomic E-state index is -0.762. The second-order valence-electron chi connectivity index (χ2n) is 2.88. The van der Waals surface area contributed by atoms with Gasteiger partial charge in [0.25, 0.3) is 0 Å². The van der Waals surface area contributed by atoms with Crippen molar-refractivity contribution in [2.45, 2.75) is 6.10 Å². The van der Waals surface area contributed by atoms with Crippen LogP contribution in [0.25, 0.3) is 0 Å². The Morgan fingerprint density at radius 2 is 1.93 bits per heavy atom. The van der Waals surface area contributed by atoms with Crippen LogP contribution in [0.2, 0.25) is 0 Å². The van der Waals surface area contributed by atoms with Crippen molar-refractivity contribution in [3.63, 3.8) is 0 Å². The predicted octanol–water partition coefficient (Wildman–Crippen LogP) is 2.36. The minimum absolute atomic E-state index is 0.306. The van der Waals surface area contributed by atoms with Crippen LogP contribution in [0.3, 0.4) is 0 Å². The van der Waals surface area contributed by atoms with E-state index in [0.29, 0.717) is 11.3 Å². The van der Waals surface area contributed by atoms with Crippen LogP contribution >= 0.6 is 11.5 Å². The number of aliphatic hydroxyl groups is 1. The lowest BCUT2D eigenvalue weighted by Crippen LogP contribution is -1.99. The van der Waals surface area contributed by atoms with Crippen LogP contribution < -0.4 is 0 Å². The molecule has 72 valence electrons. The lowest BCUT2D eigenvalue weighted by atomic mass is 10.1. The fraction of sp³-hybridized carbons (Fsp3) is 0.100. The van der Waals surface area contributed by atoms with Gasteiger partial charge in [-0.2, -0.15) is 4.37 Å². The van der Waals surface area contributed by atoms with Crippen molar-refractivity contribution in [1.29, 1.82) is 0 Å². The van der Waals surface area contributed by atoms with E-state index in [9.17, 15) is 9.50 Å². The molecule has 1 N–H and O–H groups in total. The van der Waals surface area contributed by atoms with Gasteiger partial charge in [0.05, 0.1) is 5.69 Å². The van der Waals surface area contributed by atoms with E-state index in [0.717, 1.165) is 0 Å². The van der Waals surface area contributed by atoms with E-state index in [2.05, 4.69) is 4.37 Å². The van der Waals surface area contributed by atoms with Gasteiger partial charge in [-0.3, -0.25) is 0 Å². The first kappa shape index (κ1) is 9.30. The van der Waals surface area contributed by atoms with E-state index in [4.69, 9.17) is 0 Å². The van der Waals surface area contributed by atoms with Gasteiger partial charge in [-0.15, -0.1) is 0 Å². The zero-order valence-corrected chi connectivity index (χ0v) is 8.04. The standard InChI is InChI=1S/C10H8FNOS/c11-8-3-1-7(2-4-8)10(13)9-5-6-14-12-9/h1-6,10,13H. The van der Waals surface area contributed by atoms with Gasteiger partial charge < -0.3 is 5.11 Å². The molecule has 1 atom stereocenters. The maximum Gasteiger partial charge on any atom is 0.123 e. The summed E-state index contributed by atoms with van der Waals surface area (Å²) in [6, 6.07) is 7.51. The molecule has 14 heavy (non-hydrogen) atoms. The molecule has 0 fully saturated rings. The highest BCUT2D eigenvalue weighted by atomic mass is 32.1. The molecule has 4 heteroatoms. The maximum absolute atomic E-state index is 12.6. The molecule has 2 aromatic rings. The van der Waals surface area contributed by atoms with Crippen LogP contribution in [0.4, 0.5) is 4.39 Å². The van der Waals surface area contributed by atoms with Crippen LogP contribution in [-0.2, 0) is 0 Å². The molecule has 0 radical (unpaired) electrons. The van der Waals surface area contributed by atoms with Crippen LogP contribution in [0.1, 0.15) is 17.4 Å². The Kier molecular flexibility index (Phi) is 2.56. The van der Waals surface area contributed by atoms with Crippen molar-refractivity contribution in [2.75, 3.05) is 0 Å². The molecule has 0 amide bonds. The zero-order chi connectivity index (χ0) is 9.97. The van der Waals surface area contributed by atoms with E-state index in [1.54, 1.807) is 23.6 Å². The highest BCUT2D eigenvalue weighted by Crippen LogP contribution is 2.21. The number of hydrogen-bond acceptors (Lipinski definition) is 3. The average Bonchev–Trinajstić information content (AvgIpc) is 2.71. The monoisotopic (exact) mass is 209 g/mol. The average molecular weight is 209 g/mol. The van der Waals surface area contributed by atoms with Crippen LogP contribution in [0.15, 0.2) is 35.7 Å². The van der Waals surface area contributed by atoms with Gasteiger partial charge in [-0.05, 0) is 35.3 Å². The molecule has 0 aliphatic carbocycles. The SMILES string of the molecule is OC(c1ccc(F)cc1)c1ccsn1. The first-order chi connectivity index (χ1) is 6.77. The van der Waals surface area contributed by atoms with Gasteiger partial charge in [-0.1, -0.05) is 12.1 Å². The van der Waals surface area contributed by atoms with Gasteiger partial charge >= 0.3 is 0 Å². The molecule has 0 bridgehead atoms. The molecule has 1 unspecified atom stereocenters. The summed E-state index contributed by atoms with van der Waals surface area (Å²) < 4.78 is 16.6. The summed E-state index contributed by atoms with van der Waals surface area (Å²) in [5.74, 6) is -0.306. The van der Waals surface area contributed by atoms with E-state index < -0.39 is 6.10 Å². The summed E-state index contributed by atoms with van der Waals surface area (Å²) in [5, 5.41) is 11.6. The minimum Gasteiger partial charge on any atom is -0.382 e. The molecule has 0 aliphatic heterocycles. The largest absolute Gasteiger partial charge is 0.382 e. The molecule has 2 nitrogen and oxygen atoms in total. The summed E-state index contributed by atoms with van der Waals surface area (Å²) >= 11 is 1.28. The Labute approximate surface area is 84.8 Å². The lowest BCUT2D eigenvalue weighted by molar-refractivity contribution is 0.216. The summed E-state index contributed by atoms with van der Waals surface area (Å²) in [5.41, 5.74) is 1.25. The number of hydrogen-bond donors (Lipinski definition) is 1. The number of nitrogens with zero attached hydrogens (tertiary/aromatic N) is 1. The number of aromatic nitrogens is 1. The highest BCUT2D eigenvalue weighted by Gasteiger charge is 2.11. The molecule has 1 aromatic carbocycles. The molecule has 0 saturated heterocycles. The van der Waals surface area contributed by atoms with Crippen molar-refractivity contribution in [3.8, 4) is 0 Å². The second-order valence-corrected chi connectivity index (χ2v) is 3.54. The molecule has 2 rings (SSSR count). The molecular weight excluding hydrogens is 201 g/mol. The Bertz CT molecular complexity index is 399. The number of rotatable bonds is 2. The predicted molar refractivity (Wildman–Crippen MR) is 52.6 cm³/mol. The van der Waals surface area contributed by atoms with Gasteiger partial charge in [0.15, 0.2) is 0 Å².